The molecule has 5 heteroatoms. The Kier molecular flexibility index (Phi) is 6.36. The molecule has 2 aliphatic carbocycles. The van der Waals surface area contributed by atoms with Crippen molar-refractivity contribution in [2.45, 2.75) is 69.8 Å². The van der Waals surface area contributed by atoms with Crippen LogP contribution >= 0.6 is 0 Å². The first-order valence-electron chi connectivity index (χ1n) is 12.3. The quantitative estimate of drug-likeness (QED) is 0.565. The summed E-state index contributed by atoms with van der Waals surface area (Å²) in [6, 6.07) is 16.2. The van der Waals surface area contributed by atoms with Gasteiger partial charge >= 0.3 is 5.97 Å². The lowest BCUT2D eigenvalue weighted by Gasteiger charge is -2.37. The molecular formula is C29H30FNO3. The van der Waals surface area contributed by atoms with Gasteiger partial charge < -0.3 is 10.1 Å². The van der Waals surface area contributed by atoms with Gasteiger partial charge in [0.25, 0.3) is 0 Å². The number of benzene rings is 2. The van der Waals surface area contributed by atoms with E-state index in [1.165, 1.54) is 18.6 Å². The molecule has 2 atom stereocenters. The molecule has 1 saturated carbocycles. The van der Waals surface area contributed by atoms with E-state index in [1.54, 1.807) is 12.1 Å². The average Bonchev–Trinajstić information content (AvgIpc) is 2.84. The maximum atomic E-state index is 13.7. The first-order valence-corrected chi connectivity index (χ1v) is 12.3. The van der Waals surface area contributed by atoms with Crippen molar-refractivity contribution in [3.63, 3.8) is 0 Å². The summed E-state index contributed by atoms with van der Waals surface area (Å²) >= 11 is 0. The highest BCUT2D eigenvalue weighted by atomic mass is 19.1. The fraction of sp³-hybridized carbons (Fsp3) is 0.379. The van der Waals surface area contributed by atoms with Crippen molar-refractivity contribution in [1.82, 2.24) is 5.32 Å². The van der Waals surface area contributed by atoms with Gasteiger partial charge in [0.2, 0.25) is 0 Å². The van der Waals surface area contributed by atoms with Crippen molar-refractivity contribution < 1.29 is 18.7 Å². The molecule has 3 aliphatic rings. The number of hydrogen-bond donors (Lipinski definition) is 1. The Morgan fingerprint density at radius 2 is 1.65 bits per heavy atom. The Hall–Kier alpha value is -3.21. The van der Waals surface area contributed by atoms with Crippen molar-refractivity contribution in [3.8, 4) is 0 Å². The van der Waals surface area contributed by atoms with Crippen LogP contribution in [-0.4, -0.2) is 17.9 Å². The van der Waals surface area contributed by atoms with E-state index in [1.807, 2.05) is 25.1 Å². The Balaban J connectivity index is 1.52. The number of ether oxygens (including phenoxy) is 1. The van der Waals surface area contributed by atoms with Crippen LogP contribution in [0.5, 0.6) is 0 Å². The summed E-state index contributed by atoms with van der Waals surface area (Å²) in [5.74, 6) is -1.18. The lowest BCUT2D eigenvalue weighted by atomic mass is 9.71. The molecule has 0 aromatic heterocycles. The number of halogens is 1. The zero-order chi connectivity index (χ0) is 23.7. The standard InChI is InChI=1S/C29H30FNO3/c1-18-26(29(33)34-23-10-6-3-7-11-23)27(20-12-14-22(30)15-13-20)28-24(31-18)16-21(17-25(28)32)19-8-4-2-5-9-19/h2,4-5,8-9,12-15,21,23,27,31H,3,6-7,10-11,16-17H2,1H3/t21-,27+/m1/s1. The van der Waals surface area contributed by atoms with Gasteiger partial charge in [-0.15, -0.1) is 0 Å². The van der Waals surface area contributed by atoms with Gasteiger partial charge in [-0.25, -0.2) is 9.18 Å². The zero-order valence-electron chi connectivity index (χ0n) is 19.5. The number of nitrogens with one attached hydrogen (secondary N) is 1. The SMILES string of the molecule is CC1=C(C(=O)OC2CCCCC2)[C@H](c2ccc(F)cc2)C2=C(C[C@@H](c3ccccc3)CC2=O)N1. The van der Waals surface area contributed by atoms with Crippen LogP contribution in [0.3, 0.4) is 0 Å². The number of allylic oxidation sites excluding steroid dienone is 3. The summed E-state index contributed by atoms with van der Waals surface area (Å²) in [4.78, 5) is 27.0. The van der Waals surface area contributed by atoms with Crippen LogP contribution in [0.25, 0.3) is 0 Å². The second-order valence-electron chi connectivity index (χ2n) is 9.64. The number of esters is 1. The van der Waals surface area contributed by atoms with Gasteiger partial charge in [0, 0.05) is 29.3 Å². The minimum Gasteiger partial charge on any atom is -0.459 e. The summed E-state index contributed by atoms with van der Waals surface area (Å²) < 4.78 is 19.7. The zero-order valence-corrected chi connectivity index (χ0v) is 19.5. The van der Waals surface area contributed by atoms with Crippen molar-refractivity contribution in [3.05, 3.63) is 94.1 Å². The highest BCUT2D eigenvalue weighted by molar-refractivity contribution is 6.04. The number of hydrogen-bond acceptors (Lipinski definition) is 4. The van der Waals surface area contributed by atoms with Gasteiger partial charge in [0.15, 0.2) is 5.78 Å². The van der Waals surface area contributed by atoms with Gasteiger partial charge in [-0.05, 0) is 68.2 Å². The molecule has 0 amide bonds. The minimum atomic E-state index is -0.558. The molecule has 0 unspecified atom stereocenters. The van der Waals surface area contributed by atoms with Crippen LogP contribution < -0.4 is 5.32 Å². The van der Waals surface area contributed by atoms with Crippen LogP contribution in [0.15, 0.2) is 77.1 Å². The van der Waals surface area contributed by atoms with Crippen LogP contribution in [0.1, 0.15) is 74.8 Å². The van der Waals surface area contributed by atoms with Gasteiger partial charge in [-0.1, -0.05) is 48.9 Å². The van der Waals surface area contributed by atoms with Gasteiger partial charge in [-0.2, -0.15) is 0 Å². The molecule has 34 heavy (non-hydrogen) atoms. The summed E-state index contributed by atoms with van der Waals surface area (Å²) in [5.41, 5.74) is 4.49. The first kappa shape index (κ1) is 22.6. The third-order valence-corrected chi connectivity index (χ3v) is 7.35. The molecule has 2 aromatic carbocycles. The highest BCUT2D eigenvalue weighted by Crippen LogP contribution is 2.46. The lowest BCUT2D eigenvalue weighted by Crippen LogP contribution is -2.37. The third-order valence-electron chi connectivity index (χ3n) is 7.35. The Morgan fingerprint density at radius 3 is 2.35 bits per heavy atom. The van der Waals surface area contributed by atoms with Crippen LogP contribution in [-0.2, 0) is 14.3 Å². The largest absolute Gasteiger partial charge is 0.459 e. The summed E-state index contributed by atoms with van der Waals surface area (Å²) in [5, 5.41) is 3.39. The predicted molar refractivity (Wildman–Crippen MR) is 128 cm³/mol. The Labute approximate surface area is 199 Å². The van der Waals surface area contributed by atoms with E-state index in [0.717, 1.165) is 42.5 Å². The molecule has 1 fully saturated rings. The van der Waals surface area contributed by atoms with Crippen LogP contribution in [0.4, 0.5) is 4.39 Å². The molecule has 1 N–H and O–H groups in total. The van der Waals surface area contributed by atoms with E-state index in [-0.39, 0.29) is 29.6 Å². The van der Waals surface area contributed by atoms with Crippen molar-refractivity contribution in [2.24, 2.45) is 0 Å². The van der Waals surface area contributed by atoms with Gasteiger partial charge in [0.05, 0.1) is 5.57 Å². The van der Waals surface area contributed by atoms with Crippen molar-refractivity contribution in [1.29, 1.82) is 0 Å². The summed E-state index contributed by atoms with van der Waals surface area (Å²) in [7, 11) is 0. The Morgan fingerprint density at radius 1 is 0.941 bits per heavy atom. The molecule has 0 bridgehead atoms. The maximum absolute atomic E-state index is 13.7. The molecule has 0 spiro atoms. The first-order chi connectivity index (χ1) is 16.5. The molecular weight excluding hydrogens is 429 g/mol. The fourth-order valence-electron chi connectivity index (χ4n) is 5.66. The van der Waals surface area contributed by atoms with E-state index < -0.39 is 5.92 Å². The lowest BCUT2D eigenvalue weighted by molar-refractivity contribution is -0.146. The molecule has 5 rings (SSSR count). The molecule has 1 aliphatic heterocycles. The van der Waals surface area contributed by atoms with Crippen LogP contribution in [0, 0.1) is 5.82 Å². The smallest absolute Gasteiger partial charge is 0.337 e. The second kappa shape index (κ2) is 9.57. The minimum absolute atomic E-state index is 0.0207. The maximum Gasteiger partial charge on any atom is 0.337 e. The number of dihydropyridines is 1. The highest BCUT2D eigenvalue weighted by Gasteiger charge is 2.41. The number of rotatable bonds is 4. The molecule has 1 heterocycles. The van der Waals surface area contributed by atoms with Gasteiger partial charge in [-0.3, -0.25) is 4.79 Å². The molecule has 0 radical (unpaired) electrons. The van der Waals surface area contributed by atoms with Gasteiger partial charge in [0.1, 0.15) is 11.9 Å². The number of ketones is 1. The van der Waals surface area contributed by atoms with E-state index in [4.69, 9.17) is 4.74 Å². The fourth-order valence-corrected chi connectivity index (χ4v) is 5.66. The number of carbonyl (C=O) groups is 2. The third kappa shape index (κ3) is 4.44. The molecule has 2 aromatic rings. The topological polar surface area (TPSA) is 55.4 Å². The number of Topliss-reactive ketones (excluding diaryl/α,β-unsaturated/α-hetero) is 1. The second-order valence-corrected chi connectivity index (χ2v) is 9.64. The van der Waals surface area contributed by atoms with E-state index >= 15 is 0 Å². The van der Waals surface area contributed by atoms with Crippen molar-refractivity contribution in [2.75, 3.05) is 0 Å². The molecule has 0 saturated heterocycles. The summed E-state index contributed by atoms with van der Waals surface area (Å²) in [6.07, 6.45) is 6.01. The normalized spacial score (nSPS) is 23.4. The molecule has 176 valence electrons. The van der Waals surface area contributed by atoms with E-state index in [0.29, 0.717) is 29.7 Å². The average molecular weight is 460 g/mol. The van der Waals surface area contributed by atoms with Crippen molar-refractivity contribution >= 4 is 11.8 Å². The molecule has 4 nitrogen and oxygen atoms in total. The predicted octanol–water partition coefficient (Wildman–Crippen LogP) is 6.06. The Bertz CT molecular complexity index is 1140. The van der Waals surface area contributed by atoms with Crippen LogP contribution in [0.2, 0.25) is 0 Å². The monoisotopic (exact) mass is 459 g/mol. The van der Waals surface area contributed by atoms with E-state index in [9.17, 15) is 14.0 Å². The number of carbonyl (C=O) groups excluding carboxylic acids is 2. The summed E-state index contributed by atoms with van der Waals surface area (Å²) in [6.45, 7) is 1.87. The van der Waals surface area contributed by atoms with E-state index in [2.05, 4.69) is 17.4 Å².